The third-order valence-corrected chi connectivity index (χ3v) is 17.4. The van der Waals surface area contributed by atoms with Crippen LogP contribution >= 0.6 is 11.3 Å². The van der Waals surface area contributed by atoms with Crippen LogP contribution in [0.3, 0.4) is 0 Å². The van der Waals surface area contributed by atoms with Crippen LogP contribution in [0.15, 0.2) is 84.6 Å². The van der Waals surface area contributed by atoms with Gasteiger partial charge in [-0.2, -0.15) is 12.7 Å². The number of pyridine rings is 1. The van der Waals surface area contributed by atoms with Gasteiger partial charge in [0.2, 0.25) is 23.5 Å². The molecule has 2 aliphatic heterocycles. The fourth-order valence-corrected chi connectivity index (χ4v) is 12.3. The van der Waals surface area contributed by atoms with Gasteiger partial charge >= 0.3 is 10.2 Å². The van der Waals surface area contributed by atoms with Crippen molar-refractivity contribution < 1.29 is 50.6 Å². The Morgan fingerprint density at radius 3 is 2.36 bits per heavy atom. The SMILES string of the molecule is Cc1ncsc1-c1ccc(CNC(=O)[C@@H]2C[C@@H](O)CN2C(=O)[C@@H](NC(=O)COC2CC(N(C)CCCc3ccc(-c4cnc5[nH]cc(C(=O)c6c(F)ccc(NS(=O)(=O)N7CC[C@@H](F)C7)c6F)c5c4)cc3)C2)C(C)(C)C)cc1. The Bertz CT molecular complexity index is 3290. The lowest BCUT2D eigenvalue weighted by Crippen LogP contribution is -2.58. The maximum absolute atomic E-state index is 15.8. The molecule has 3 aromatic heterocycles. The number of aliphatic hydroxyl groups is 1. The number of benzene rings is 3. The average Bonchev–Trinajstić information content (AvgIpc) is 4.23. The highest BCUT2D eigenvalue weighted by molar-refractivity contribution is 7.90. The number of fused-ring (bicyclic) bond motifs is 1. The zero-order valence-electron chi connectivity index (χ0n) is 44.0. The number of aromatic nitrogens is 3. The van der Waals surface area contributed by atoms with Gasteiger partial charge in [-0.05, 0) is 98.5 Å². The van der Waals surface area contributed by atoms with Gasteiger partial charge in [0.25, 0.3) is 0 Å². The van der Waals surface area contributed by atoms with E-state index in [-0.39, 0.29) is 62.7 Å². The van der Waals surface area contributed by atoms with Gasteiger partial charge in [0.05, 0.1) is 39.5 Å². The van der Waals surface area contributed by atoms with Crippen molar-refractivity contribution >= 4 is 61.8 Å². The Morgan fingerprint density at radius 2 is 1.68 bits per heavy atom. The Hall–Kier alpha value is -6.56. The molecule has 0 unspecified atom stereocenters. The number of carbonyl (C=O) groups excluding carboxylic acids is 4. The molecule has 78 heavy (non-hydrogen) atoms. The molecule has 22 heteroatoms. The van der Waals surface area contributed by atoms with Gasteiger partial charge in [0.15, 0.2) is 5.82 Å². The van der Waals surface area contributed by atoms with E-state index < -0.39 is 87.0 Å². The van der Waals surface area contributed by atoms with E-state index in [1.54, 1.807) is 29.1 Å². The maximum Gasteiger partial charge on any atom is 0.301 e. The molecule has 3 amide bonds. The van der Waals surface area contributed by atoms with E-state index in [2.05, 4.69) is 37.5 Å². The molecule has 5 N–H and O–H groups in total. The number of aryl methyl sites for hydroxylation is 2. The number of nitrogens with one attached hydrogen (secondary N) is 4. The summed E-state index contributed by atoms with van der Waals surface area (Å²) in [7, 11) is -2.31. The summed E-state index contributed by atoms with van der Waals surface area (Å²) in [4.78, 5) is 71.1. The minimum atomic E-state index is -4.37. The number of alkyl halides is 1. The number of β-amino-alcohol motifs (C(OH)–C–C–N with tert-alkyl or cyclic N) is 1. The van der Waals surface area contributed by atoms with Gasteiger partial charge in [-0.25, -0.2) is 23.1 Å². The summed E-state index contributed by atoms with van der Waals surface area (Å²) in [5.41, 5.74) is 5.15. The Labute approximate surface area is 455 Å². The number of nitrogens with zero attached hydrogens (tertiary/aromatic N) is 5. The number of ketones is 1. The first-order valence-corrected chi connectivity index (χ1v) is 28.3. The lowest BCUT2D eigenvalue weighted by Gasteiger charge is -2.41. The molecule has 0 bridgehead atoms. The third kappa shape index (κ3) is 12.6. The molecule has 17 nitrogen and oxygen atoms in total. The highest BCUT2D eigenvalue weighted by atomic mass is 32.2. The molecule has 6 aromatic rings. The predicted octanol–water partition coefficient (Wildman–Crippen LogP) is 7.09. The van der Waals surface area contributed by atoms with Gasteiger partial charge in [0, 0.05) is 67.5 Å². The van der Waals surface area contributed by atoms with Crippen LogP contribution in [-0.4, -0.2) is 142 Å². The highest BCUT2D eigenvalue weighted by Crippen LogP contribution is 2.33. The van der Waals surface area contributed by atoms with Crippen molar-refractivity contribution in [2.24, 2.45) is 5.41 Å². The summed E-state index contributed by atoms with van der Waals surface area (Å²) in [5.74, 6) is -4.88. The summed E-state index contributed by atoms with van der Waals surface area (Å²) in [6.45, 7) is 7.77. The number of aliphatic hydroxyl groups excluding tert-OH is 1. The van der Waals surface area contributed by atoms with Gasteiger partial charge in [-0.1, -0.05) is 69.3 Å². The molecule has 5 heterocycles. The number of rotatable bonds is 20. The Balaban J connectivity index is 0.718. The number of aromatic amines is 1. The first kappa shape index (κ1) is 56.2. The number of thiazole rings is 1. The first-order valence-electron chi connectivity index (χ1n) is 26.0. The average molecular weight is 1110 g/mol. The summed E-state index contributed by atoms with van der Waals surface area (Å²) in [6, 6.07) is 17.5. The number of halogens is 3. The van der Waals surface area contributed by atoms with Crippen LogP contribution in [-0.2, 0) is 42.3 Å². The first-order chi connectivity index (χ1) is 37.1. The molecule has 9 rings (SSSR count). The van der Waals surface area contributed by atoms with Crippen molar-refractivity contribution in [2.45, 2.75) is 109 Å². The third-order valence-electron chi connectivity index (χ3n) is 14.9. The van der Waals surface area contributed by atoms with E-state index in [9.17, 15) is 37.1 Å². The molecule has 3 aliphatic rings. The summed E-state index contributed by atoms with van der Waals surface area (Å²) >= 11 is 1.56. The number of hydrogen-bond donors (Lipinski definition) is 5. The lowest BCUT2D eigenvalue weighted by atomic mass is 9.85. The highest BCUT2D eigenvalue weighted by Gasteiger charge is 2.45. The number of ether oxygens (including phenoxy) is 1. The van der Waals surface area contributed by atoms with Crippen LogP contribution in [0.1, 0.15) is 85.6 Å². The second-order valence-electron chi connectivity index (χ2n) is 21.6. The van der Waals surface area contributed by atoms with Crippen LogP contribution < -0.4 is 15.4 Å². The predicted molar refractivity (Wildman–Crippen MR) is 290 cm³/mol. The van der Waals surface area contributed by atoms with Gasteiger partial charge in [-0.15, -0.1) is 11.3 Å². The van der Waals surface area contributed by atoms with E-state index in [4.69, 9.17) is 4.74 Å². The second kappa shape index (κ2) is 23.4. The summed E-state index contributed by atoms with van der Waals surface area (Å²) in [6.07, 6.45) is 3.77. The van der Waals surface area contributed by atoms with Crippen molar-refractivity contribution in [3.8, 4) is 21.6 Å². The topological polar surface area (TPSA) is 219 Å². The quantitative estimate of drug-likeness (QED) is 0.0486. The van der Waals surface area contributed by atoms with Crippen molar-refractivity contribution in [1.29, 1.82) is 0 Å². The van der Waals surface area contributed by atoms with Gasteiger partial charge in [0.1, 0.15) is 36.3 Å². The van der Waals surface area contributed by atoms with E-state index in [0.29, 0.717) is 16.6 Å². The minimum Gasteiger partial charge on any atom is -0.391 e. The number of likely N-dealkylation sites (tertiary alicyclic amines) is 1. The molecule has 414 valence electrons. The standard InChI is InChI=1S/C56H64F3N9O8S2/c1-32-51(77-31-63-32)36-14-10-34(11-15-36)25-62-54(72)46-24-40(69)29-68(46)55(73)52(56(2,3)4)64-47(70)30-76-41-22-39(23-41)66(5)19-6-7-33-8-12-35(13-9-33)37-21-42-43(27-61-53(42)60-26-37)50(71)48-44(58)16-17-45(49(48)59)65-78(74,75)67-20-18-38(57)28-67/h8-17,21,26-27,31,38-41,46,52,65,69H,6-7,18-20,22-25,28-30H2,1-5H3,(H,60,61)(H,62,72)(H,64,70)/t38-,39?,40-,41?,46+,52-/m1/s1. The zero-order chi connectivity index (χ0) is 55.6. The molecular weight excluding hydrogens is 1050 g/mol. The fraction of sp³-hybridized carbons (Fsp3) is 0.429. The smallest absolute Gasteiger partial charge is 0.301 e. The van der Waals surface area contributed by atoms with Crippen LogP contribution in [0.4, 0.5) is 18.9 Å². The van der Waals surface area contributed by atoms with E-state index >= 15 is 8.78 Å². The number of amides is 3. The van der Waals surface area contributed by atoms with E-state index in [1.165, 1.54) is 11.1 Å². The molecule has 4 atom stereocenters. The van der Waals surface area contributed by atoms with Crippen molar-refractivity contribution in [2.75, 3.05) is 44.6 Å². The summed E-state index contributed by atoms with van der Waals surface area (Å²) < 4.78 is 79.2. The van der Waals surface area contributed by atoms with E-state index in [0.717, 1.165) is 81.5 Å². The Morgan fingerprint density at radius 1 is 0.962 bits per heavy atom. The molecule has 3 aromatic carbocycles. The fourth-order valence-electron chi connectivity index (χ4n) is 10.2. The lowest BCUT2D eigenvalue weighted by molar-refractivity contribution is -0.145. The number of H-pyrrole nitrogens is 1. The van der Waals surface area contributed by atoms with Crippen LogP contribution in [0, 0.1) is 24.0 Å². The van der Waals surface area contributed by atoms with Crippen LogP contribution in [0.5, 0.6) is 0 Å². The normalized spacial score (nSPS) is 20.2. The molecule has 1 saturated carbocycles. The largest absolute Gasteiger partial charge is 0.391 e. The summed E-state index contributed by atoms with van der Waals surface area (Å²) in [5, 5.41) is 16.7. The van der Waals surface area contributed by atoms with E-state index in [1.807, 2.05) is 80.9 Å². The van der Waals surface area contributed by atoms with Crippen molar-refractivity contribution in [3.05, 3.63) is 124 Å². The van der Waals surface area contributed by atoms with Crippen LogP contribution in [0.2, 0.25) is 0 Å². The minimum absolute atomic E-state index is 0.00852. The van der Waals surface area contributed by atoms with Crippen molar-refractivity contribution in [3.63, 3.8) is 0 Å². The molecule has 1 aliphatic carbocycles. The zero-order valence-corrected chi connectivity index (χ0v) is 45.7. The second-order valence-corrected chi connectivity index (χ2v) is 24.1. The number of hydrogen-bond acceptors (Lipinski definition) is 12. The van der Waals surface area contributed by atoms with Gasteiger partial charge < -0.3 is 35.3 Å². The monoisotopic (exact) mass is 1110 g/mol. The molecule has 0 radical (unpaired) electrons. The van der Waals surface area contributed by atoms with Gasteiger partial charge in [-0.3, -0.25) is 23.9 Å². The molecule has 2 saturated heterocycles. The van der Waals surface area contributed by atoms with Crippen LogP contribution in [0.25, 0.3) is 32.6 Å². The number of carbonyl (C=O) groups is 4. The molecule has 0 spiro atoms. The number of anilines is 1. The maximum atomic E-state index is 15.8. The Kier molecular flexibility index (Phi) is 16.9. The van der Waals surface area contributed by atoms with Crippen molar-refractivity contribution in [1.82, 2.24) is 39.7 Å². The molecule has 3 fully saturated rings. The molecular formula is C56H64F3N9O8S2.